The van der Waals surface area contributed by atoms with Gasteiger partial charge in [0.15, 0.2) is 0 Å². The van der Waals surface area contributed by atoms with E-state index in [-0.39, 0.29) is 12.0 Å². The summed E-state index contributed by atoms with van der Waals surface area (Å²) in [7, 11) is 0. The van der Waals surface area contributed by atoms with E-state index in [0.717, 1.165) is 17.9 Å². The maximum Gasteiger partial charge on any atom is 0.256 e. The first kappa shape index (κ1) is 22.5. The van der Waals surface area contributed by atoms with Crippen LogP contribution in [0.2, 0.25) is 0 Å². The van der Waals surface area contributed by atoms with Crippen molar-refractivity contribution in [1.29, 1.82) is 0 Å². The molecular weight excluding hydrogens is 326 g/mol. The van der Waals surface area contributed by atoms with Crippen LogP contribution in [0, 0.1) is 11.8 Å². The van der Waals surface area contributed by atoms with Crippen molar-refractivity contribution in [3.8, 4) is 5.75 Å². The summed E-state index contributed by atoms with van der Waals surface area (Å²) in [5.41, 5.74) is -0.0220. The first-order valence-corrected chi connectivity index (χ1v) is 9.94. The van der Waals surface area contributed by atoms with Crippen molar-refractivity contribution in [3.05, 3.63) is 24.3 Å². The lowest BCUT2D eigenvalue weighted by Gasteiger charge is -2.35. The molecule has 4 nitrogen and oxygen atoms in total. The summed E-state index contributed by atoms with van der Waals surface area (Å²) in [5.74, 6) is 1.50. The van der Waals surface area contributed by atoms with Gasteiger partial charge in [-0.25, -0.2) is 0 Å². The summed E-state index contributed by atoms with van der Waals surface area (Å²) in [4.78, 5) is 13.1. The highest BCUT2D eigenvalue weighted by Crippen LogP contribution is 2.31. The number of rotatable bonds is 11. The number of ether oxygens (including phenoxy) is 2. The number of anilines is 1. The molecule has 148 valence electrons. The van der Waals surface area contributed by atoms with Gasteiger partial charge in [-0.1, -0.05) is 34.6 Å². The smallest absolute Gasteiger partial charge is 0.256 e. The second-order valence-corrected chi connectivity index (χ2v) is 7.94. The average Bonchev–Trinajstić information content (AvgIpc) is 2.55. The van der Waals surface area contributed by atoms with Gasteiger partial charge in [0.05, 0.1) is 6.10 Å². The van der Waals surface area contributed by atoms with Gasteiger partial charge in [-0.05, 0) is 69.2 Å². The molecule has 0 saturated carbocycles. The van der Waals surface area contributed by atoms with Crippen LogP contribution in [0.5, 0.6) is 5.75 Å². The van der Waals surface area contributed by atoms with Gasteiger partial charge in [0.2, 0.25) is 0 Å². The fourth-order valence-electron chi connectivity index (χ4n) is 3.22. The predicted octanol–water partition coefficient (Wildman–Crippen LogP) is 5.67. The van der Waals surface area contributed by atoms with E-state index >= 15 is 0 Å². The Morgan fingerprint density at radius 2 is 1.54 bits per heavy atom. The fourth-order valence-corrected chi connectivity index (χ4v) is 3.22. The highest BCUT2D eigenvalue weighted by molar-refractivity contribution is 5.97. The molecule has 0 spiro atoms. The topological polar surface area (TPSA) is 47.6 Å². The molecule has 0 aliphatic carbocycles. The number of carbonyl (C=O) groups excluding carboxylic acids is 1. The van der Waals surface area contributed by atoms with Crippen LogP contribution < -0.4 is 10.1 Å². The van der Waals surface area contributed by atoms with E-state index in [2.05, 4.69) is 39.9 Å². The van der Waals surface area contributed by atoms with E-state index in [4.69, 9.17) is 9.47 Å². The summed E-state index contributed by atoms with van der Waals surface area (Å²) in [6, 6.07) is 7.57. The van der Waals surface area contributed by atoms with E-state index in [1.54, 1.807) is 0 Å². The summed E-state index contributed by atoms with van der Waals surface area (Å²) >= 11 is 0. The third-order valence-electron chi connectivity index (χ3n) is 4.33. The highest BCUT2D eigenvalue weighted by Gasteiger charge is 2.40. The van der Waals surface area contributed by atoms with Crippen molar-refractivity contribution in [2.45, 2.75) is 79.4 Å². The molecule has 0 aromatic heterocycles. The minimum absolute atomic E-state index is 0.0580. The van der Waals surface area contributed by atoms with Gasteiger partial charge < -0.3 is 14.8 Å². The number of benzene rings is 1. The van der Waals surface area contributed by atoms with Crippen LogP contribution in [0.3, 0.4) is 0 Å². The van der Waals surface area contributed by atoms with Crippen LogP contribution >= 0.6 is 0 Å². The van der Waals surface area contributed by atoms with E-state index < -0.39 is 5.60 Å². The summed E-state index contributed by atoms with van der Waals surface area (Å²) in [5, 5.41) is 3.05. The van der Waals surface area contributed by atoms with Gasteiger partial charge in [0, 0.05) is 12.3 Å². The lowest BCUT2D eigenvalue weighted by Crippen LogP contribution is -2.47. The van der Waals surface area contributed by atoms with Crippen LogP contribution in [0.25, 0.3) is 0 Å². The van der Waals surface area contributed by atoms with Gasteiger partial charge in [0.1, 0.15) is 11.4 Å². The Morgan fingerprint density at radius 3 is 1.96 bits per heavy atom. The lowest BCUT2D eigenvalue weighted by atomic mass is 9.83. The number of carbonyl (C=O) groups is 1. The van der Waals surface area contributed by atoms with Crippen LogP contribution in [-0.2, 0) is 9.53 Å². The largest absolute Gasteiger partial charge is 0.491 e. The van der Waals surface area contributed by atoms with E-state index in [0.29, 0.717) is 31.3 Å². The van der Waals surface area contributed by atoms with Crippen molar-refractivity contribution in [3.63, 3.8) is 0 Å². The molecule has 1 aromatic carbocycles. The third kappa shape index (κ3) is 6.99. The van der Waals surface area contributed by atoms with Gasteiger partial charge in [0.25, 0.3) is 5.91 Å². The highest BCUT2D eigenvalue weighted by atomic mass is 16.5. The van der Waals surface area contributed by atoms with Crippen LogP contribution in [0.4, 0.5) is 5.69 Å². The minimum atomic E-state index is -0.789. The van der Waals surface area contributed by atoms with Crippen molar-refractivity contribution >= 4 is 11.6 Å². The molecular formula is C22H37NO3. The second-order valence-electron chi connectivity index (χ2n) is 7.94. The Kier molecular flexibility index (Phi) is 9.14. The van der Waals surface area contributed by atoms with Crippen molar-refractivity contribution in [2.24, 2.45) is 11.8 Å². The normalized spacial score (nSPS) is 13.1. The first-order valence-electron chi connectivity index (χ1n) is 9.94. The standard InChI is InChI=1S/C22H37NO3/c1-8-18(7)26-20-12-10-19(11-13-20)23-21(24)22(25-9-2,14-16(3)4)15-17(5)6/h10-13,16-18H,8-9,14-15H2,1-7H3,(H,23,24)/t18-/m1/s1. The van der Waals surface area contributed by atoms with Crippen LogP contribution in [0.1, 0.15) is 67.7 Å². The summed E-state index contributed by atoms with van der Waals surface area (Å²) in [6.45, 7) is 15.1. The Bertz CT molecular complexity index is 527. The van der Waals surface area contributed by atoms with Crippen LogP contribution in [0.15, 0.2) is 24.3 Å². The third-order valence-corrected chi connectivity index (χ3v) is 4.33. The van der Waals surface area contributed by atoms with Crippen LogP contribution in [-0.4, -0.2) is 24.2 Å². The molecule has 0 heterocycles. The molecule has 1 atom stereocenters. The molecule has 0 aliphatic rings. The number of hydrogen-bond acceptors (Lipinski definition) is 3. The Labute approximate surface area is 159 Å². The maximum absolute atomic E-state index is 13.1. The Balaban J connectivity index is 2.93. The summed E-state index contributed by atoms with van der Waals surface area (Å²) in [6.07, 6.45) is 2.55. The Morgan fingerprint density at radius 1 is 1.00 bits per heavy atom. The molecule has 26 heavy (non-hydrogen) atoms. The molecule has 1 amide bonds. The summed E-state index contributed by atoms with van der Waals surface area (Å²) < 4.78 is 11.8. The zero-order valence-electron chi connectivity index (χ0n) is 17.6. The molecule has 1 aromatic rings. The SMILES string of the molecule is CCOC(CC(C)C)(CC(C)C)C(=O)Nc1ccc(O[C@H](C)CC)cc1. The minimum Gasteiger partial charge on any atom is -0.491 e. The van der Waals surface area contributed by atoms with Gasteiger partial charge >= 0.3 is 0 Å². The lowest BCUT2D eigenvalue weighted by molar-refractivity contribution is -0.146. The zero-order valence-corrected chi connectivity index (χ0v) is 17.6. The molecule has 0 aliphatic heterocycles. The molecule has 0 fully saturated rings. The average molecular weight is 364 g/mol. The Hall–Kier alpha value is -1.55. The quantitative estimate of drug-likeness (QED) is 0.551. The molecule has 4 heteroatoms. The molecule has 1 N–H and O–H groups in total. The van der Waals surface area contributed by atoms with E-state index in [1.807, 2.05) is 38.1 Å². The van der Waals surface area contributed by atoms with Gasteiger partial charge in [-0.15, -0.1) is 0 Å². The number of hydrogen-bond donors (Lipinski definition) is 1. The molecule has 0 radical (unpaired) electrons. The van der Waals surface area contributed by atoms with Gasteiger partial charge in [-0.3, -0.25) is 4.79 Å². The second kappa shape index (κ2) is 10.6. The molecule has 0 bridgehead atoms. The van der Waals surface area contributed by atoms with Gasteiger partial charge in [-0.2, -0.15) is 0 Å². The predicted molar refractivity (Wildman–Crippen MR) is 109 cm³/mol. The first-order chi connectivity index (χ1) is 12.2. The van der Waals surface area contributed by atoms with Crippen molar-refractivity contribution in [1.82, 2.24) is 0 Å². The molecule has 0 saturated heterocycles. The van der Waals surface area contributed by atoms with Crippen molar-refractivity contribution < 1.29 is 14.3 Å². The fraction of sp³-hybridized carbons (Fsp3) is 0.682. The number of amides is 1. The zero-order chi connectivity index (χ0) is 19.7. The molecule has 1 rings (SSSR count). The monoisotopic (exact) mass is 363 g/mol. The number of nitrogens with one attached hydrogen (secondary N) is 1. The van der Waals surface area contributed by atoms with Crippen molar-refractivity contribution in [2.75, 3.05) is 11.9 Å². The molecule has 0 unspecified atom stereocenters. The maximum atomic E-state index is 13.1. The van der Waals surface area contributed by atoms with E-state index in [9.17, 15) is 4.79 Å². The van der Waals surface area contributed by atoms with E-state index in [1.165, 1.54) is 0 Å².